The Morgan fingerprint density at radius 3 is 1.89 bits per heavy atom. The highest BCUT2D eigenvalue weighted by Crippen LogP contribution is 2.34. The molecule has 0 saturated heterocycles. The topological polar surface area (TPSA) is 26.3 Å². The van der Waals surface area contributed by atoms with Gasteiger partial charge in [-0.25, -0.2) is 0 Å². The molecule has 0 aromatic carbocycles. The normalized spacial score (nSPS) is 11.1. The van der Waals surface area contributed by atoms with Gasteiger partial charge in [-0.2, -0.15) is 0 Å². The van der Waals surface area contributed by atoms with Crippen LogP contribution in [-0.2, 0) is 0 Å². The average Bonchev–Trinajstić information content (AvgIpc) is 3.37. The summed E-state index contributed by atoms with van der Waals surface area (Å²) in [5.74, 6) is 0. The van der Waals surface area contributed by atoms with Gasteiger partial charge in [0.25, 0.3) is 0 Å². The molecule has 2 nitrogen and oxygen atoms in total. The van der Waals surface area contributed by atoms with Gasteiger partial charge in [-0.05, 0) is 42.3 Å². The second-order valence-electron chi connectivity index (χ2n) is 6.76. The quantitative estimate of drug-likeness (QED) is 0.285. The van der Waals surface area contributed by atoms with Crippen LogP contribution in [-0.4, -0.2) is 0 Å². The smallest absolute Gasteiger partial charge is 0.141 e. The molecular formula is C25H18O2. The monoisotopic (exact) mass is 350 g/mol. The van der Waals surface area contributed by atoms with Gasteiger partial charge in [0.2, 0.25) is 0 Å². The number of hydrogen-bond acceptors (Lipinski definition) is 2. The van der Waals surface area contributed by atoms with Crippen LogP contribution in [0.5, 0.6) is 0 Å². The maximum absolute atomic E-state index is 5.45. The standard InChI is InChI=1S/C13H10O.C12H8O/c1-9-2-4-10-8-11-6-7-14-13(11)12(10)5-3-9;1-2-4-9-8-10-6-7-13-12(10)11(9)5-3-1/h2-8H,1H3;1-8H. The van der Waals surface area contributed by atoms with Gasteiger partial charge in [0.15, 0.2) is 0 Å². The molecule has 0 spiro atoms. The summed E-state index contributed by atoms with van der Waals surface area (Å²) in [7, 11) is 0. The van der Waals surface area contributed by atoms with Crippen molar-refractivity contribution in [3.05, 3.63) is 97.0 Å². The first-order valence-electron chi connectivity index (χ1n) is 9.01. The molecule has 27 heavy (non-hydrogen) atoms. The predicted octanol–water partition coefficient (Wildman–Crippen LogP) is 7.38. The number of furan rings is 2. The third-order valence-electron chi connectivity index (χ3n) is 4.92. The second kappa shape index (κ2) is 6.33. The minimum atomic E-state index is 0.992. The fraction of sp³-hybridized carbons (Fsp3) is 0.0400. The summed E-state index contributed by atoms with van der Waals surface area (Å²) in [6.07, 6.45) is 3.47. The molecule has 4 aliphatic carbocycles. The highest BCUT2D eigenvalue weighted by molar-refractivity contribution is 5.99. The van der Waals surface area contributed by atoms with E-state index in [1.54, 1.807) is 12.5 Å². The summed E-state index contributed by atoms with van der Waals surface area (Å²) in [5, 5.41) is 2.37. The van der Waals surface area contributed by atoms with E-state index in [1.807, 2.05) is 30.3 Å². The number of fused-ring (bicyclic) bond motifs is 6. The van der Waals surface area contributed by atoms with Crippen LogP contribution in [0.25, 0.3) is 44.2 Å². The van der Waals surface area contributed by atoms with Crippen LogP contribution in [0, 0.1) is 6.92 Å². The summed E-state index contributed by atoms with van der Waals surface area (Å²) in [6, 6.07) is 27.1. The second-order valence-corrected chi connectivity index (χ2v) is 6.76. The summed E-state index contributed by atoms with van der Waals surface area (Å²) in [5.41, 5.74) is 8.11. The van der Waals surface area contributed by atoms with Gasteiger partial charge in [-0.3, -0.25) is 0 Å². The molecule has 6 rings (SSSR count). The Hall–Kier alpha value is -3.52. The van der Waals surface area contributed by atoms with Crippen molar-refractivity contribution in [1.29, 1.82) is 0 Å². The maximum atomic E-state index is 5.45. The molecule has 0 radical (unpaired) electrons. The van der Waals surface area contributed by atoms with Gasteiger partial charge in [0, 0.05) is 21.9 Å². The molecule has 0 aliphatic heterocycles. The minimum absolute atomic E-state index is 0.992. The first-order chi connectivity index (χ1) is 13.3. The summed E-state index contributed by atoms with van der Waals surface area (Å²) >= 11 is 0. The lowest BCUT2D eigenvalue weighted by Gasteiger charge is -1.88. The first-order valence-corrected chi connectivity index (χ1v) is 9.01. The number of rotatable bonds is 0. The average molecular weight is 350 g/mol. The fourth-order valence-corrected chi connectivity index (χ4v) is 3.54. The molecule has 2 aromatic rings. The molecule has 2 aromatic heterocycles. The molecule has 0 atom stereocenters. The third-order valence-corrected chi connectivity index (χ3v) is 4.92. The van der Waals surface area contributed by atoms with Crippen molar-refractivity contribution in [3.63, 3.8) is 0 Å². The number of aryl methyl sites for hydroxylation is 1. The molecule has 0 N–H and O–H groups in total. The van der Waals surface area contributed by atoms with Crippen LogP contribution in [0.2, 0.25) is 0 Å². The molecule has 4 aliphatic rings. The fourth-order valence-electron chi connectivity index (χ4n) is 3.54. The van der Waals surface area contributed by atoms with Crippen LogP contribution in [0.4, 0.5) is 0 Å². The Bertz CT molecular complexity index is 1290. The molecule has 0 bridgehead atoms. The number of hydrogen-bond donors (Lipinski definition) is 0. The van der Waals surface area contributed by atoms with E-state index in [2.05, 4.69) is 55.5 Å². The highest BCUT2D eigenvalue weighted by Gasteiger charge is 2.10. The Balaban J connectivity index is 0.000000119. The van der Waals surface area contributed by atoms with E-state index in [1.165, 1.54) is 38.6 Å². The molecule has 0 amide bonds. The largest absolute Gasteiger partial charge is 0.464 e. The molecule has 0 fully saturated rings. The zero-order valence-electron chi connectivity index (χ0n) is 15.0. The van der Waals surface area contributed by atoms with E-state index >= 15 is 0 Å². The molecular weight excluding hydrogens is 332 g/mol. The summed E-state index contributed by atoms with van der Waals surface area (Å²) in [4.78, 5) is 0. The van der Waals surface area contributed by atoms with E-state index in [4.69, 9.17) is 8.83 Å². The van der Waals surface area contributed by atoms with E-state index in [9.17, 15) is 0 Å². The Morgan fingerprint density at radius 1 is 0.556 bits per heavy atom. The van der Waals surface area contributed by atoms with Crippen molar-refractivity contribution < 1.29 is 8.83 Å². The molecule has 0 saturated carbocycles. The highest BCUT2D eigenvalue weighted by atomic mass is 16.3. The van der Waals surface area contributed by atoms with Crippen molar-refractivity contribution in [2.75, 3.05) is 0 Å². The Morgan fingerprint density at radius 2 is 1.15 bits per heavy atom. The summed E-state index contributed by atoms with van der Waals surface area (Å²) < 4.78 is 10.9. The Labute approximate surface area is 157 Å². The van der Waals surface area contributed by atoms with Crippen LogP contribution in [0.1, 0.15) is 5.56 Å². The van der Waals surface area contributed by atoms with Gasteiger partial charge in [-0.15, -0.1) is 0 Å². The minimum Gasteiger partial charge on any atom is -0.464 e. The van der Waals surface area contributed by atoms with Crippen molar-refractivity contribution in [2.24, 2.45) is 0 Å². The lowest BCUT2D eigenvalue weighted by Crippen LogP contribution is -1.63. The first kappa shape index (κ1) is 15.7. The zero-order chi connectivity index (χ0) is 18.2. The molecule has 2 heterocycles. The molecule has 2 heteroatoms. The Kier molecular flexibility index (Phi) is 3.68. The lowest BCUT2D eigenvalue weighted by atomic mass is 10.2. The van der Waals surface area contributed by atoms with Crippen LogP contribution in [0.3, 0.4) is 0 Å². The van der Waals surface area contributed by atoms with Crippen LogP contribution >= 0.6 is 0 Å². The van der Waals surface area contributed by atoms with Crippen molar-refractivity contribution >= 4 is 21.9 Å². The third kappa shape index (κ3) is 2.76. The zero-order valence-corrected chi connectivity index (χ0v) is 15.0. The van der Waals surface area contributed by atoms with E-state index in [-0.39, 0.29) is 0 Å². The lowest BCUT2D eigenvalue weighted by molar-refractivity contribution is 0.617. The van der Waals surface area contributed by atoms with Crippen molar-refractivity contribution in [1.82, 2.24) is 0 Å². The van der Waals surface area contributed by atoms with Crippen LogP contribution < -0.4 is 0 Å². The van der Waals surface area contributed by atoms with Gasteiger partial charge >= 0.3 is 0 Å². The van der Waals surface area contributed by atoms with Crippen molar-refractivity contribution in [3.8, 4) is 22.3 Å². The van der Waals surface area contributed by atoms with E-state index in [0.29, 0.717) is 0 Å². The molecule has 0 unspecified atom stereocenters. The van der Waals surface area contributed by atoms with E-state index < -0.39 is 0 Å². The van der Waals surface area contributed by atoms with Gasteiger partial charge in [0.05, 0.1) is 12.5 Å². The van der Waals surface area contributed by atoms with Gasteiger partial charge < -0.3 is 8.83 Å². The van der Waals surface area contributed by atoms with Crippen LogP contribution in [0.15, 0.2) is 100 Å². The summed E-state index contributed by atoms with van der Waals surface area (Å²) in [6.45, 7) is 2.10. The SMILES string of the molecule is Cc1ccc2cc3ccoc3c-2cc1.c1ccc2cc3ccoc3c-2cc1. The van der Waals surface area contributed by atoms with E-state index in [0.717, 1.165) is 11.2 Å². The predicted molar refractivity (Wildman–Crippen MR) is 110 cm³/mol. The maximum Gasteiger partial charge on any atom is 0.141 e. The van der Waals surface area contributed by atoms with Gasteiger partial charge in [-0.1, -0.05) is 60.2 Å². The molecule has 130 valence electrons. The van der Waals surface area contributed by atoms with Crippen molar-refractivity contribution in [2.45, 2.75) is 6.92 Å². The van der Waals surface area contributed by atoms with Gasteiger partial charge in [0.1, 0.15) is 11.2 Å².